The fourth-order valence-electron chi connectivity index (χ4n) is 1.51. The van der Waals surface area contributed by atoms with Crippen LogP contribution in [0.15, 0.2) is 12.3 Å². The largest absolute Gasteiger partial charge is 0.797 e. The lowest BCUT2D eigenvalue weighted by Gasteiger charge is -2.16. The van der Waals surface area contributed by atoms with Crippen molar-refractivity contribution in [2.75, 3.05) is 5.43 Å². The Morgan fingerprint density at radius 1 is 1.22 bits per heavy atom. The molecular formula is C5H5N7O6. The molecule has 1 aliphatic rings. The molecule has 0 fully saturated rings. The van der Waals surface area contributed by atoms with Gasteiger partial charge in [-0.3, -0.25) is 35.8 Å². The van der Waals surface area contributed by atoms with Crippen LogP contribution < -0.4 is 5.43 Å². The van der Waals surface area contributed by atoms with Gasteiger partial charge in [-0.25, -0.2) is 4.68 Å². The summed E-state index contributed by atoms with van der Waals surface area (Å²) in [6.45, 7) is -0.495. The van der Waals surface area contributed by atoms with Crippen LogP contribution in [0.4, 0.5) is 5.82 Å². The van der Waals surface area contributed by atoms with Crippen molar-refractivity contribution in [3.05, 3.63) is 42.6 Å². The lowest BCUT2D eigenvalue weighted by molar-refractivity contribution is -0.995. The first kappa shape index (κ1) is 11.6. The smallest absolute Gasteiger partial charge is 0.283 e. The van der Waals surface area contributed by atoms with Gasteiger partial charge in [0.2, 0.25) is 0 Å². The van der Waals surface area contributed by atoms with Gasteiger partial charge in [0.1, 0.15) is 12.5 Å². The number of nitrogens with zero attached hydrogens (tertiary/aromatic N) is 6. The molecule has 13 nitrogen and oxygen atoms in total. The van der Waals surface area contributed by atoms with Gasteiger partial charge in [0, 0.05) is 11.1 Å². The summed E-state index contributed by atoms with van der Waals surface area (Å²) in [7, 11) is 0. The highest BCUT2D eigenvalue weighted by molar-refractivity contribution is 5.34. The van der Waals surface area contributed by atoms with E-state index in [1.807, 2.05) is 0 Å². The first-order valence-corrected chi connectivity index (χ1v) is 4.40. The molecule has 0 radical (unpaired) electrons. The summed E-state index contributed by atoms with van der Waals surface area (Å²) in [5, 5.41) is 36.3. The summed E-state index contributed by atoms with van der Waals surface area (Å²) in [6.07, 6.45) is 1.34. The Morgan fingerprint density at radius 2 is 1.78 bits per heavy atom. The number of rotatable bonds is 4. The van der Waals surface area contributed by atoms with Crippen molar-refractivity contribution < 1.29 is 14.8 Å². The van der Waals surface area contributed by atoms with E-state index in [1.165, 1.54) is 12.3 Å². The molecule has 13 heteroatoms. The van der Waals surface area contributed by atoms with Gasteiger partial charge < -0.3 is 0 Å². The number of nitro groups is 3. The second-order valence-corrected chi connectivity index (χ2v) is 3.27. The monoisotopic (exact) mass is 259 g/mol. The highest BCUT2D eigenvalue weighted by Crippen LogP contribution is 2.26. The summed E-state index contributed by atoms with van der Waals surface area (Å²) in [6, 6.07) is 1.37. The SMILES string of the molecule is O=[N+]([O-])C(N1Cn2nccc2N1)([N+](=O)[O-])[N+](=O)[O-]. The van der Waals surface area contributed by atoms with Crippen LogP contribution in [0.2, 0.25) is 0 Å². The van der Waals surface area contributed by atoms with Gasteiger partial charge in [-0.1, -0.05) is 0 Å². The molecule has 0 atom stereocenters. The van der Waals surface area contributed by atoms with Crippen LogP contribution in [-0.4, -0.2) is 35.5 Å². The number of anilines is 1. The Bertz CT molecular complexity index is 482. The fraction of sp³-hybridized carbons (Fsp3) is 0.400. The molecule has 2 rings (SSSR count). The molecule has 0 saturated heterocycles. The Kier molecular flexibility index (Phi) is 2.32. The summed E-state index contributed by atoms with van der Waals surface area (Å²) < 4.78 is 1.12. The average Bonchev–Trinajstić information content (AvgIpc) is 2.76. The summed E-state index contributed by atoms with van der Waals surface area (Å²) in [5.74, 6) is -3.51. The molecule has 1 aromatic rings. The Labute approximate surface area is 97.0 Å². The van der Waals surface area contributed by atoms with E-state index in [2.05, 4.69) is 10.5 Å². The van der Waals surface area contributed by atoms with Crippen LogP contribution >= 0.6 is 0 Å². The Morgan fingerprint density at radius 3 is 2.22 bits per heavy atom. The summed E-state index contributed by atoms with van der Waals surface area (Å²) in [5.41, 5.74) is 2.21. The van der Waals surface area contributed by atoms with Crippen LogP contribution in [0.3, 0.4) is 0 Å². The van der Waals surface area contributed by atoms with E-state index in [0.29, 0.717) is 0 Å². The molecule has 0 unspecified atom stereocenters. The molecule has 96 valence electrons. The van der Waals surface area contributed by atoms with E-state index >= 15 is 0 Å². The van der Waals surface area contributed by atoms with Gasteiger partial charge >= 0.3 is 5.91 Å². The lowest BCUT2D eigenvalue weighted by Crippen LogP contribution is -2.65. The Hall–Kier alpha value is -2.83. The number of hydrazine groups is 1. The van der Waals surface area contributed by atoms with Gasteiger partial charge in [0.05, 0.1) is 6.20 Å². The zero-order chi connectivity index (χ0) is 13.5. The van der Waals surface area contributed by atoms with Gasteiger partial charge in [-0.2, -0.15) is 5.10 Å². The molecular weight excluding hydrogens is 254 g/mol. The van der Waals surface area contributed by atoms with Crippen molar-refractivity contribution in [2.45, 2.75) is 12.6 Å². The zero-order valence-electron chi connectivity index (χ0n) is 8.49. The zero-order valence-corrected chi connectivity index (χ0v) is 8.49. The predicted octanol–water partition coefficient (Wildman–Crippen LogP) is -1.08. The van der Waals surface area contributed by atoms with Crippen molar-refractivity contribution in [3.63, 3.8) is 0 Å². The quantitative estimate of drug-likeness (QED) is 0.402. The third-order valence-electron chi connectivity index (χ3n) is 2.34. The molecule has 0 saturated carbocycles. The van der Waals surface area contributed by atoms with Crippen LogP contribution in [0.5, 0.6) is 0 Å². The average molecular weight is 259 g/mol. The van der Waals surface area contributed by atoms with Crippen LogP contribution in [0.25, 0.3) is 0 Å². The molecule has 0 amide bonds. The molecule has 1 aliphatic heterocycles. The summed E-state index contributed by atoms with van der Waals surface area (Å²) >= 11 is 0. The Balaban J connectivity index is 2.44. The van der Waals surface area contributed by atoms with Crippen molar-refractivity contribution in [1.82, 2.24) is 14.8 Å². The van der Waals surface area contributed by atoms with Gasteiger partial charge in [-0.05, 0) is 0 Å². The van der Waals surface area contributed by atoms with Crippen molar-refractivity contribution >= 4 is 5.82 Å². The van der Waals surface area contributed by atoms with E-state index in [-0.39, 0.29) is 10.8 Å². The van der Waals surface area contributed by atoms with Gasteiger partial charge in [0.15, 0.2) is 14.8 Å². The third-order valence-corrected chi connectivity index (χ3v) is 2.34. The first-order valence-electron chi connectivity index (χ1n) is 4.40. The standard InChI is InChI=1S/C5H5N7O6/c13-10(14)5(11(15)16,12(17)18)9-3-8-4(7-9)1-2-6-8/h1-2,7H,3H2. The van der Waals surface area contributed by atoms with Crippen molar-refractivity contribution in [2.24, 2.45) is 0 Å². The second-order valence-electron chi connectivity index (χ2n) is 3.27. The topological polar surface area (TPSA) is 163 Å². The normalized spacial score (nSPS) is 14.9. The van der Waals surface area contributed by atoms with E-state index in [1.54, 1.807) is 0 Å². The van der Waals surface area contributed by atoms with Crippen LogP contribution in [0, 0.1) is 30.3 Å². The number of hydrogen-bond donors (Lipinski definition) is 1. The summed E-state index contributed by atoms with van der Waals surface area (Å²) in [4.78, 5) is 27.6. The highest BCUT2D eigenvalue weighted by atomic mass is 16.7. The fourth-order valence-corrected chi connectivity index (χ4v) is 1.51. The molecule has 1 aromatic heterocycles. The first-order chi connectivity index (χ1) is 8.40. The number of nitrogens with one attached hydrogen (secondary N) is 1. The minimum atomic E-state index is -3.69. The molecule has 0 spiro atoms. The number of fused-ring (bicyclic) bond motifs is 1. The maximum absolute atomic E-state index is 10.8. The van der Waals surface area contributed by atoms with Crippen molar-refractivity contribution in [1.29, 1.82) is 0 Å². The van der Waals surface area contributed by atoms with E-state index in [0.717, 1.165) is 4.68 Å². The number of aromatic nitrogens is 2. The lowest BCUT2D eigenvalue weighted by atomic mass is 10.6. The maximum Gasteiger partial charge on any atom is 0.797 e. The third kappa shape index (κ3) is 1.27. The predicted molar refractivity (Wildman–Crippen MR) is 51.4 cm³/mol. The minimum absolute atomic E-state index is 0.185. The minimum Gasteiger partial charge on any atom is -0.283 e. The second kappa shape index (κ2) is 3.59. The van der Waals surface area contributed by atoms with E-state index in [9.17, 15) is 30.3 Å². The van der Waals surface area contributed by atoms with E-state index in [4.69, 9.17) is 0 Å². The maximum atomic E-state index is 10.8. The van der Waals surface area contributed by atoms with E-state index < -0.39 is 27.3 Å². The molecule has 18 heavy (non-hydrogen) atoms. The molecule has 0 aliphatic carbocycles. The van der Waals surface area contributed by atoms with Gasteiger partial charge in [0.25, 0.3) is 0 Å². The molecule has 2 heterocycles. The van der Waals surface area contributed by atoms with Crippen LogP contribution in [0.1, 0.15) is 0 Å². The van der Waals surface area contributed by atoms with Crippen molar-refractivity contribution in [3.8, 4) is 0 Å². The molecule has 0 bridgehead atoms. The molecule has 1 N–H and O–H groups in total. The number of hydrogen-bond acceptors (Lipinski definition) is 9. The van der Waals surface area contributed by atoms with Gasteiger partial charge in [-0.15, -0.1) is 0 Å². The molecule has 0 aromatic carbocycles. The highest BCUT2D eigenvalue weighted by Gasteiger charge is 2.78. The van der Waals surface area contributed by atoms with Crippen LogP contribution in [-0.2, 0) is 6.67 Å².